The Morgan fingerprint density at radius 1 is 1.69 bits per heavy atom. The molecule has 1 fully saturated rings. The van der Waals surface area contributed by atoms with Gasteiger partial charge in [0, 0.05) is 11.8 Å². The van der Waals surface area contributed by atoms with E-state index < -0.39 is 0 Å². The van der Waals surface area contributed by atoms with Gasteiger partial charge in [0.25, 0.3) is 0 Å². The highest BCUT2D eigenvalue weighted by Gasteiger charge is 2.20. The minimum atomic E-state index is 0.424. The van der Waals surface area contributed by atoms with E-state index in [0.717, 1.165) is 11.5 Å². The standard InChI is InChI=1S/C9H19N3S/c1-3-13-6-7(2)11-9(10)12-8-4-5-8/h7-8H,3-6H2,1-2H3,(H3,10,11,12). The summed E-state index contributed by atoms with van der Waals surface area (Å²) in [6.07, 6.45) is 2.42. The summed E-state index contributed by atoms with van der Waals surface area (Å²) < 4.78 is 0. The van der Waals surface area contributed by atoms with Crippen LogP contribution in [-0.2, 0) is 0 Å². The zero-order chi connectivity index (χ0) is 9.68. The second-order valence-corrected chi connectivity index (χ2v) is 4.77. The zero-order valence-corrected chi connectivity index (χ0v) is 9.23. The molecular weight excluding hydrogens is 182 g/mol. The number of hydrogen-bond acceptors (Lipinski definition) is 2. The van der Waals surface area contributed by atoms with Gasteiger partial charge in [-0.25, -0.2) is 0 Å². The Bertz CT molecular complexity index is 178. The quantitative estimate of drug-likeness (QED) is 0.519. The van der Waals surface area contributed by atoms with Crippen molar-refractivity contribution in [3.63, 3.8) is 0 Å². The van der Waals surface area contributed by atoms with Crippen molar-refractivity contribution in [2.75, 3.05) is 11.5 Å². The Morgan fingerprint density at radius 3 is 2.92 bits per heavy atom. The Labute approximate surface area is 84.6 Å². The molecule has 0 saturated heterocycles. The molecule has 1 aliphatic rings. The van der Waals surface area contributed by atoms with Crippen molar-refractivity contribution in [2.45, 2.75) is 38.8 Å². The average molecular weight is 201 g/mol. The van der Waals surface area contributed by atoms with E-state index in [1.807, 2.05) is 11.8 Å². The van der Waals surface area contributed by atoms with Crippen molar-refractivity contribution in [1.29, 1.82) is 0 Å². The molecule has 4 heteroatoms. The fraction of sp³-hybridized carbons (Fsp3) is 0.889. The van der Waals surface area contributed by atoms with Gasteiger partial charge in [-0.3, -0.25) is 4.99 Å². The van der Waals surface area contributed by atoms with Crippen LogP contribution in [0.25, 0.3) is 0 Å². The average Bonchev–Trinajstić information content (AvgIpc) is 2.84. The lowest BCUT2D eigenvalue weighted by Gasteiger charge is -2.13. The molecule has 0 bridgehead atoms. The highest BCUT2D eigenvalue weighted by atomic mass is 32.2. The number of nitrogens with one attached hydrogen (secondary N) is 1. The molecule has 13 heavy (non-hydrogen) atoms. The molecule has 3 nitrogen and oxygen atoms in total. The lowest BCUT2D eigenvalue weighted by atomic mass is 10.4. The van der Waals surface area contributed by atoms with Gasteiger partial charge in [0.2, 0.25) is 0 Å². The molecule has 0 heterocycles. The van der Waals surface area contributed by atoms with Crippen molar-refractivity contribution in [1.82, 2.24) is 5.32 Å². The van der Waals surface area contributed by atoms with Crippen LogP contribution in [0.2, 0.25) is 0 Å². The summed E-state index contributed by atoms with van der Waals surface area (Å²) in [5.41, 5.74) is 5.72. The second kappa shape index (κ2) is 5.37. The van der Waals surface area contributed by atoms with Crippen molar-refractivity contribution in [3.05, 3.63) is 0 Å². The summed E-state index contributed by atoms with van der Waals surface area (Å²) in [4.78, 5) is 4.31. The third kappa shape index (κ3) is 5.03. The van der Waals surface area contributed by atoms with Gasteiger partial charge in [-0.15, -0.1) is 0 Å². The van der Waals surface area contributed by atoms with E-state index in [2.05, 4.69) is 24.2 Å². The predicted molar refractivity (Wildman–Crippen MR) is 60.2 cm³/mol. The highest BCUT2D eigenvalue weighted by molar-refractivity contribution is 7.99. The maximum atomic E-state index is 5.72. The topological polar surface area (TPSA) is 50.4 Å². The molecule has 0 amide bonds. The summed E-state index contributed by atoms with van der Waals surface area (Å²) >= 11 is 1.92. The number of hydrogen-bond donors (Lipinski definition) is 2. The third-order valence-corrected chi connectivity index (χ3v) is 2.98. The molecule has 0 aromatic heterocycles. The Balaban J connectivity index is 2.13. The van der Waals surface area contributed by atoms with Gasteiger partial charge in [-0.2, -0.15) is 11.8 Å². The molecular formula is C9H19N3S. The third-order valence-electron chi connectivity index (χ3n) is 1.83. The van der Waals surface area contributed by atoms with E-state index in [0.29, 0.717) is 18.0 Å². The van der Waals surface area contributed by atoms with E-state index in [9.17, 15) is 0 Å². The fourth-order valence-electron chi connectivity index (χ4n) is 1.03. The molecule has 1 unspecified atom stereocenters. The SMILES string of the molecule is CCSCC(C)NC(N)=NC1CC1. The maximum absolute atomic E-state index is 5.72. The van der Waals surface area contributed by atoms with Crippen molar-refractivity contribution >= 4 is 17.7 Å². The first-order valence-electron chi connectivity index (χ1n) is 4.90. The van der Waals surface area contributed by atoms with E-state index in [-0.39, 0.29) is 0 Å². The normalized spacial score (nSPS) is 20.0. The number of rotatable bonds is 5. The van der Waals surface area contributed by atoms with Crippen LogP contribution in [0.15, 0.2) is 4.99 Å². The smallest absolute Gasteiger partial charge is 0.189 e. The van der Waals surface area contributed by atoms with Gasteiger partial charge in [-0.1, -0.05) is 6.92 Å². The van der Waals surface area contributed by atoms with E-state index in [4.69, 9.17) is 5.73 Å². The molecule has 1 atom stereocenters. The van der Waals surface area contributed by atoms with Crippen LogP contribution in [0.1, 0.15) is 26.7 Å². The predicted octanol–water partition coefficient (Wildman–Crippen LogP) is 1.19. The fourth-order valence-corrected chi connectivity index (χ4v) is 1.70. The van der Waals surface area contributed by atoms with Gasteiger partial charge in [0.1, 0.15) is 0 Å². The largest absolute Gasteiger partial charge is 0.370 e. The second-order valence-electron chi connectivity index (χ2n) is 3.45. The first-order chi connectivity index (χ1) is 6.22. The molecule has 76 valence electrons. The van der Waals surface area contributed by atoms with Crippen molar-refractivity contribution in [2.24, 2.45) is 10.7 Å². The number of thioether (sulfide) groups is 1. The van der Waals surface area contributed by atoms with E-state index in [1.165, 1.54) is 12.8 Å². The van der Waals surface area contributed by atoms with Gasteiger partial charge in [-0.05, 0) is 25.5 Å². The highest BCUT2D eigenvalue weighted by Crippen LogP contribution is 2.22. The Kier molecular flexibility index (Phi) is 4.42. The summed E-state index contributed by atoms with van der Waals surface area (Å²) in [6.45, 7) is 4.30. The summed E-state index contributed by atoms with van der Waals surface area (Å²) in [5.74, 6) is 2.87. The number of nitrogens with zero attached hydrogens (tertiary/aromatic N) is 1. The molecule has 0 spiro atoms. The van der Waals surface area contributed by atoms with Crippen molar-refractivity contribution < 1.29 is 0 Å². The van der Waals surface area contributed by atoms with Gasteiger partial charge >= 0.3 is 0 Å². The van der Waals surface area contributed by atoms with E-state index in [1.54, 1.807) is 0 Å². The van der Waals surface area contributed by atoms with Crippen LogP contribution in [0.4, 0.5) is 0 Å². The minimum Gasteiger partial charge on any atom is -0.370 e. The molecule has 1 rings (SSSR count). The lowest BCUT2D eigenvalue weighted by Crippen LogP contribution is -2.39. The molecule has 0 radical (unpaired) electrons. The van der Waals surface area contributed by atoms with Crippen molar-refractivity contribution in [3.8, 4) is 0 Å². The van der Waals surface area contributed by atoms with Crippen LogP contribution < -0.4 is 11.1 Å². The lowest BCUT2D eigenvalue weighted by molar-refractivity contribution is 0.733. The molecule has 3 N–H and O–H groups in total. The zero-order valence-electron chi connectivity index (χ0n) is 8.42. The monoisotopic (exact) mass is 201 g/mol. The Hall–Kier alpha value is -0.380. The Morgan fingerprint density at radius 2 is 2.38 bits per heavy atom. The van der Waals surface area contributed by atoms with Crippen LogP contribution in [0.3, 0.4) is 0 Å². The van der Waals surface area contributed by atoms with Crippen LogP contribution in [0, 0.1) is 0 Å². The molecule has 0 aliphatic heterocycles. The van der Waals surface area contributed by atoms with Gasteiger partial charge in [0.15, 0.2) is 5.96 Å². The maximum Gasteiger partial charge on any atom is 0.189 e. The van der Waals surface area contributed by atoms with E-state index >= 15 is 0 Å². The van der Waals surface area contributed by atoms with Gasteiger partial charge < -0.3 is 11.1 Å². The number of aliphatic imine (C=N–C) groups is 1. The number of guanidine groups is 1. The first-order valence-corrected chi connectivity index (χ1v) is 6.05. The van der Waals surface area contributed by atoms with Crippen LogP contribution in [-0.4, -0.2) is 29.5 Å². The molecule has 1 saturated carbocycles. The minimum absolute atomic E-state index is 0.424. The molecule has 1 aliphatic carbocycles. The number of nitrogens with two attached hydrogens (primary N) is 1. The molecule has 0 aromatic carbocycles. The summed E-state index contributed by atoms with van der Waals surface area (Å²) in [7, 11) is 0. The van der Waals surface area contributed by atoms with Crippen LogP contribution in [0.5, 0.6) is 0 Å². The summed E-state index contributed by atoms with van der Waals surface area (Å²) in [6, 6.07) is 0.936. The summed E-state index contributed by atoms with van der Waals surface area (Å²) in [5, 5.41) is 3.19. The van der Waals surface area contributed by atoms with Gasteiger partial charge in [0.05, 0.1) is 6.04 Å². The molecule has 0 aromatic rings. The van der Waals surface area contributed by atoms with Crippen LogP contribution >= 0.6 is 11.8 Å². The first kappa shape index (κ1) is 10.7.